The zero-order valence-corrected chi connectivity index (χ0v) is 10.3. The third kappa shape index (κ3) is 11.4. The van der Waals surface area contributed by atoms with Gasteiger partial charge in [0.2, 0.25) is 0 Å². The van der Waals surface area contributed by atoms with Gasteiger partial charge in [0, 0.05) is 6.42 Å². The van der Waals surface area contributed by atoms with Crippen LogP contribution in [0.2, 0.25) is 0 Å². The van der Waals surface area contributed by atoms with Gasteiger partial charge in [-0.15, -0.1) is 0 Å². The molecule has 0 aromatic rings. The smallest absolute Gasteiger partial charge is 0.303 e. The van der Waals surface area contributed by atoms with Crippen LogP contribution in [-0.4, -0.2) is 11.1 Å². The van der Waals surface area contributed by atoms with E-state index in [1.165, 1.54) is 44.9 Å². The molecule has 0 amide bonds. The highest BCUT2D eigenvalue weighted by molar-refractivity contribution is 5.66. The van der Waals surface area contributed by atoms with Gasteiger partial charge < -0.3 is 5.11 Å². The lowest BCUT2D eigenvalue weighted by atomic mass is 9.99. The Labute approximate surface area is 94.1 Å². The van der Waals surface area contributed by atoms with Crippen LogP contribution in [0.4, 0.5) is 0 Å². The van der Waals surface area contributed by atoms with E-state index in [1.807, 2.05) is 6.92 Å². The maximum atomic E-state index is 10.4. The second-order valence-corrected chi connectivity index (χ2v) is 4.61. The standard InChI is InChI=1S/C13H26O2/c1-3-4-5-6-7-8-9-10-12(2)11-13(14)15/h12H,3-11H2,1-2H3,(H,14,15)/t12-/m1/s1. The van der Waals surface area contributed by atoms with Crippen LogP contribution in [0, 0.1) is 5.92 Å². The van der Waals surface area contributed by atoms with E-state index >= 15 is 0 Å². The molecule has 15 heavy (non-hydrogen) atoms. The molecule has 0 unspecified atom stereocenters. The van der Waals surface area contributed by atoms with Crippen molar-refractivity contribution < 1.29 is 9.90 Å². The molecule has 0 aromatic carbocycles. The van der Waals surface area contributed by atoms with E-state index in [0.717, 1.165) is 6.42 Å². The number of carbonyl (C=O) groups is 1. The molecule has 0 aliphatic carbocycles. The number of hydrogen-bond acceptors (Lipinski definition) is 1. The fourth-order valence-corrected chi connectivity index (χ4v) is 1.85. The Kier molecular flexibility index (Phi) is 9.65. The summed E-state index contributed by atoms with van der Waals surface area (Å²) in [6.45, 7) is 4.26. The molecule has 0 radical (unpaired) electrons. The van der Waals surface area contributed by atoms with Crippen LogP contribution in [0.25, 0.3) is 0 Å². The Balaban J connectivity index is 3.13. The molecular weight excluding hydrogens is 188 g/mol. The van der Waals surface area contributed by atoms with Gasteiger partial charge in [0.15, 0.2) is 0 Å². The highest BCUT2D eigenvalue weighted by Gasteiger charge is 2.06. The summed E-state index contributed by atoms with van der Waals surface area (Å²) >= 11 is 0. The van der Waals surface area contributed by atoms with Crippen molar-refractivity contribution in [3.05, 3.63) is 0 Å². The van der Waals surface area contributed by atoms with Gasteiger partial charge >= 0.3 is 5.97 Å². The lowest BCUT2D eigenvalue weighted by Gasteiger charge is -2.07. The maximum Gasteiger partial charge on any atom is 0.303 e. The summed E-state index contributed by atoms with van der Waals surface area (Å²) in [6, 6.07) is 0. The fraction of sp³-hybridized carbons (Fsp3) is 0.923. The van der Waals surface area contributed by atoms with Crippen molar-refractivity contribution >= 4 is 5.97 Å². The predicted octanol–water partition coefficient (Wildman–Crippen LogP) is 4.24. The molecule has 2 heteroatoms. The molecule has 0 rings (SSSR count). The van der Waals surface area contributed by atoms with E-state index in [1.54, 1.807) is 0 Å². The van der Waals surface area contributed by atoms with E-state index in [-0.39, 0.29) is 0 Å². The van der Waals surface area contributed by atoms with Gasteiger partial charge in [0.1, 0.15) is 0 Å². The van der Waals surface area contributed by atoms with Crippen LogP contribution in [-0.2, 0) is 4.79 Å². The molecule has 0 saturated heterocycles. The summed E-state index contributed by atoms with van der Waals surface area (Å²) in [5.74, 6) is -0.316. The Morgan fingerprint density at radius 3 is 2.13 bits per heavy atom. The number of aliphatic carboxylic acids is 1. The van der Waals surface area contributed by atoms with E-state index in [2.05, 4.69) is 6.92 Å². The Morgan fingerprint density at radius 2 is 1.60 bits per heavy atom. The van der Waals surface area contributed by atoms with Crippen molar-refractivity contribution in [2.24, 2.45) is 5.92 Å². The van der Waals surface area contributed by atoms with E-state index in [0.29, 0.717) is 12.3 Å². The fourth-order valence-electron chi connectivity index (χ4n) is 1.85. The molecule has 2 nitrogen and oxygen atoms in total. The Bertz CT molecular complexity index is 155. The number of unbranched alkanes of at least 4 members (excludes halogenated alkanes) is 6. The minimum absolute atomic E-state index is 0.329. The summed E-state index contributed by atoms with van der Waals surface area (Å²) in [5, 5.41) is 8.58. The van der Waals surface area contributed by atoms with Gasteiger partial charge in [-0.3, -0.25) is 4.79 Å². The van der Waals surface area contributed by atoms with Crippen molar-refractivity contribution in [2.45, 2.75) is 71.6 Å². The van der Waals surface area contributed by atoms with Crippen molar-refractivity contribution in [2.75, 3.05) is 0 Å². The molecule has 1 atom stereocenters. The summed E-state index contributed by atoms with van der Waals surface area (Å²) in [7, 11) is 0. The minimum atomic E-state index is -0.662. The van der Waals surface area contributed by atoms with Crippen molar-refractivity contribution in [1.29, 1.82) is 0 Å². The van der Waals surface area contributed by atoms with E-state index < -0.39 is 5.97 Å². The van der Waals surface area contributed by atoms with Crippen LogP contribution >= 0.6 is 0 Å². The van der Waals surface area contributed by atoms with Crippen molar-refractivity contribution in [1.82, 2.24) is 0 Å². The van der Waals surface area contributed by atoms with E-state index in [9.17, 15) is 4.79 Å². The van der Waals surface area contributed by atoms with Crippen LogP contribution in [0.15, 0.2) is 0 Å². The molecule has 90 valence electrons. The zero-order valence-electron chi connectivity index (χ0n) is 10.3. The van der Waals surface area contributed by atoms with Crippen molar-refractivity contribution in [3.63, 3.8) is 0 Å². The molecule has 0 saturated carbocycles. The van der Waals surface area contributed by atoms with Gasteiger partial charge in [-0.25, -0.2) is 0 Å². The Morgan fingerprint density at radius 1 is 1.07 bits per heavy atom. The van der Waals surface area contributed by atoms with Crippen LogP contribution in [0.3, 0.4) is 0 Å². The molecule has 0 heterocycles. The SMILES string of the molecule is CCCCCCCCC[C@@H](C)CC(=O)O. The largest absolute Gasteiger partial charge is 0.481 e. The lowest BCUT2D eigenvalue weighted by Crippen LogP contribution is -2.03. The van der Waals surface area contributed by atoms with Gasteiger partial charge in [0.25, 0.3) is 0 Å². The summed E-state index contributed by atoms with van der Waals surface area (Å²) < 4.78 is 0. The first-order valence-corrected chi connectivity index (χ1v) is 6.38. The minimum Gasteiger partial charge on any atom is -0.481 e. The average Bonchev–Trinajstić information content (AvgIpc) is 2.15. The third-order valence-electron chi connectivity index (χ3n) is 2.82. The predicted molar refractivity (Wildman–Crippen MR) is 64.0 cm³/mol. The highest BCUT2D eigenvalue weighted by Crippen LogP contribution is 2.14. The van der Waals surface area contributed by atoms with Gasteiger partial charge in [-0.2, -0.15) is 0 Å². The highest BCUT2D eigenvalue weighted by atomic mass is 16.4. The molecule has 0 aliphatic rings. The molecule has 0 spiro atoms. The number of hydrogen-bond donors (Lipinski definition) is 1. The quantitative estimate of drug-likeness (QED) is 0.552. The topological polar surface area (TPSA) is 37.3 Å². The monoisotopic (exact) mass is 214 g/mol. The zero-order chi connectivity index (χ0) is 11.5. The molecule has 0 fully saturated rings. The van der Waals surface area contributed by atoms with Gasteiger partial charge in [0.05, 0.1) is 0 Å². The maximum absolute atomic E-state index is 10.4. The van der Waals surface area contributed by atoms with E-state index in [4.69, 9.17) is 5.11 Å². The Hall–Kier alpha value is -0.530. The summed E-state index contributed by atoms with van der Waals surface area (Å²) in [5.41, 5.74) is 0. The van der Waals surface area contributed by atoms with Crippen LogP contribution in [0.1, 0.15) is 71.6 Å². The second kappa shape index (κ2) is 10.0. The average molecular weight is 214 g/mol. The molecule has 0 aliphatic heterocycles. The third-order valence-corrected chi connectivity index (χ3v) is 2.82. The van der Waals surface area contributed by atoms with Crippen molar-refractivity contribution in [3.8, 4) is 0 Å². The molecule has 0 bridgehead atoms. The van der Waals surface area contributed by atoms with Crippen LogP contribution in [0.5, 0.6) is 0 Å². The second-order valence-electron chi connectivity index (χ2n) is 4.61. The lowest BCUT2D eigenvalue weighted by molar-refractivity contribution is -0.138. The molecular formula is C13H26O2. The molecule has 0 aromatic heterocycles. The number of carboxylic acids is 1. The number of carboxylic acid groups (broad SMARTS) is 1. The first kappa shape index (κ1) is 14.5. The summed E-state index contributed by atoms with van der Waals surface area (Å²) in [6.07, 6.45) is 10.6. The first-order chi connectivity index (χ1) is 7.16. The summed E-state index contributed by atoms with van der Waals surface area (Å²) in [4.78, 5) is 10.4. The normalized spacial score (nSPS) is 12.7. The van der Waals surface area contributed by atoms with Crippen LogP contribution < -0.4 is 0 Å². The van der Waals surface area contributed by atoms with Gasteiger partial charge in [-0.05, 0) is 5.92 Å². The van der Waals surface area contributed by atoms with Gasteiger partial charge in [-0.1, -0.05) is 65.2 Å². The molecule has 1 N–H and O–H groups in total. The first-order valence-electron chi connectivity index (χ1n) is 6.38. The number of rotatable bonds is 10.